The zero-order valence-electron chi connectivity index (χ0n) is 23.9. The Kier molecular flexibility index (Phi) is 5.18. The molecule has 7 aromatic carbocycles. The van der Waals surface area contributed by atoms with E-state index in [0.717, 1.165) is 82.7 Å². The molecule has 210 valence electrons. The van der Waals surface area contributed by atoms with E-state index in [-0.39, 0.29) is 0 Å². The van der Waals surface area contributed by atoms with E-state index in [1.54, 1.807) is 11.8 Å². The normalized spacial score (nSPS) is 12.7. The molecule has 0 spiro atoms. The zero-order valence-corrected chi connectivity index (χ0v) is 24.7. The van der Waals surface area contributed by atoms with Crippen molar-refractivity contribution in [3.05, 3.63) is 133 Å². The number of anilines is 2. The van der Waals surface area contributed by atoms with Crippen LogP contribution in [-0.2, 0) is 0 Å². The van der Waals surface area contributed by atoms with Crippen molar-refractivity contribution in [2.45, 2.75) is 9.79 Å². The van der Waals surface area contributed by atoms with Gasteiger partial charge in [0.1, 0.15) is 5.75 Å². The number of rotatable bonds is 2. The second-order valence-corrected chi connectivity index (χ2v) is 12.5. The Balaban J connectivity index is 1.29. The van der Waals surface area contributed by atoms with Crippen molar-refractivity contribution in [2.24, 2.45) is 0 Å². The SMILES string of the molecule is c1ccc(-c2nc3ccccc3nc2-c2ccc3c(c2)Nc2cccc4c2Oc2c(ccc5c2c-3cc2ccccc25)S4)cc1. The summed E-state index contributed by atoms with van der Waals surface area (Å²) >= 11 is 1.76. The van der Waals surface area contributed by atoms with E-state index in [1.165, 1.54) is 16.2 Å². The van der Waals surface area contributed by atoms with E-state index in [9.17, 15) is 0 Å². The maximum Gasteiger partial charge on any atom is 0.164 e. The largest absolute Gasteiger partial charge is 0.452 e. The number of fused-ring (bicyclic) bond motifs is 5. The van der Waals surface area contributed by atoms with Gasteiger partial charge in [0.2, 0.25) is 0 Å². The predicted octanol–water partition coefficient (Wildman–Crippen LogP) is 11.3. The van der Waals surface area contributed by atoms with Gasteiger partial charge < -0.3 is 10.1 Å². The average Bonchev–Trinajstić information content (AvgIpc) is 3.15. The van der Waals surface area contributed by atoms with Crippen molar-refractivity contribution >= 4 is 55.7 Å². The highest BCUT2D eigenvalue weighted by atomic mass is 32.2. The van der Waals surface area contributed by atoms with Crippen molar-refractivity contribution < 1.29 is 4.74 Å². The molecular formula is C40H23N3OS. The van der Waals surface area contributed by atoms with Gasteiger partial charge in [-0.1, -0.05) is 103 Å². The number of hydrogen-bond donors (Lipinski definition) is 1. The fraction of sp³-hybridized carbons (Fsp3) is 0. The summed E-state index contributed by atoms with van der Waals surface area (Å²) in [5.74, 6) is 1.78. The van der Waals surface area contributed by atoms with E-state index >= 15 is 0 Å². The number of hydrogen-bond acceptors (Lipinski definition) is 5. The number of ether oxygens (including phenoxy) is 1. The lowest BCUT2D eigenvalue weighted by atomic mass is 9.91. The molecule has 0 saturated carbocycles. The number of nitrogens with zero attached hydrogens (tertiary/aromatic N) is 2. The third-order valence-corrected chi connectivity index (χ3v) is 9.90. The Morgan fingerprint density at radius 1 is 0.511 bits per heavy atom. The molecule has 1 N–H and O–H groups in total. The van der Waals surface area contributed by atoms with Crippen molar-refractivity contribution in [3.63, 3.8) is 0 Å². The minimum absolute atomic E-state index is 0.848. The summed E-state index contributed by atoms with van der Waals surface area (Å²) in [5.41, 5.74) is 9.65. The van der Waals surface area contributed by atoms with Gasteiger partial charge in [0.15, 0.2) is 5.75 Å². The van der Waals surface area contributed by atoms with Gasteiger partial charge in [-0.3, -0.25) is 0 Å². The molecular weight excluding hydrogens is 571 g/mol. The summed E-state index contributed by atoms with van der Waals surface area (Å²) in [4.78, 5) is 12.5. The molecule has 0 aliphatic carbocycles. The number of nitrogens with one attached hydrogen (secondary N) is 1. The molecule has 8 aromatic rings. The van der Waals surface area contributed by atoms with Crippen LogP contribution in [0.5, 0.6) is 11.5 Å². The second-order valence-electron chi connectivity index (χ2n) is 11.5. The summed E-state index contributed by atoms with van der Waals surface area (Å²) in [5, 5.41) is 8.53. The lowest BCUT2D eigenvalue weighted by Crippen LogP contribution is -2.00. The Bertz CT molecular complexity index is 2530. The number of para-hydroxylation sites is 3. The maximum absolute atomic E-state index is 6.85. The van der Waals surface area contributed by atoms with Gasteiger partial charge in [-0.2, -0.15) is 0 Å². The van der Waals surface area contributed by atoms with Crippen LogP contribution in [-0.4, -0.2) is 9.97 Å². The molecule has 2 aliphatic heterocycles. The monoisotopic (exact) mass is 593 g/mol. The fourth-order valence-corrected chi connectivity index (χ4v) is 7.74. The molecule has 45 heavy (non-hydrogen) atoms. The third-order valence-electron chi connectivity index (χ3n) is 8.81. The molecule has 2 bridgehead atoms. The molecule has 3 heterocycles. The fourth-order valence-electron chi connectivity index (χ4n) is 6.74. The van der Waals surface area contributed by atoms with Gasteiger partial charge in [0, 0.05) is 27.8 Å². The van der Waals surface area contributed by atoms with E-state index < -0.39 is 0 Å². The summed E-state index contributed by atoms with van der Waals surface area (Å²) in [6.07, 6.45) is 0. The molecule has 0 atom stereocenters. The molecule has 0 amide bonds. The Morgan fingerprint density at radius 2 is 1.27 bits per heavy atom. The van der Waals surface area contributed by atoms with Crippen LogP contribution in [0.1, 0.15) is 0 Å². The lowest BCUT2D eigenvalue weighted by molar-refractivity contribution is 0.463. The van der Waals surface area contributed by atoms with Crippen LogP contribution >= 0.6 is 11.8 Å². The Hall–Kier alpha value is -5.65. The van der Waals surface area contributed by atoms with Crippen LogP contribution in [0.3, 0.4) is 0 Å². The molecule has 0 unspecified atom stereocenters. The van der Waals surface area contributed by atoms with Gasteiger partial charge in [0.05, 0.1) is 37.9 Å². The van der Waals surface area contributed by atoms with E-state index in [0.29, 0.717) is 0 Å². The predicted molar refractivity (Wildman–Crippen MR) is 185 cm³/mol. The first-order valence-corrected chi connectivity index (χ1v) is 15.8. The van der Waals surface area contributed by atoms with Crippen LogP contribution in [0, 0.1) is 0 Å². The van der Waals surface area contributed by atoms with Gasteiger partial charge in [-0.15, -0.1) is 0 Å². The first-order chi connectivity index (χ1) is 22.3. The zero-order chi connectivity index (χ0) is 29.5. The van der Waals surface area contributed by atoms with E-state index in [2.05, 4.69) is 96.3 Å². The van der Waals surface area contributed by atoms with Crippen LogP contribution in [0.4, 0.5) is 11.4 Å². The number of aromatic nitrogens is 2. The van der Waals surface area contributed by atoms with Crippen LogP contribution in [0.2, 0.25) is 0 Å². The topological polar surface area (TPSA) is 47.0 Å². The maximum atomic E-state index is 6.85. The minimum Gasteiger partial charge on any atom is -0.452 e. The average molecular weight is 594 g/mol. The molecule has 5 heteroatoms. The first kappa shape index (κ1) is 24.8. The minimum atomic E-state index is 0.848. The van der Waals surface area contributed by atoms with Crippen LogP contribution in [0.15, 0.2) is 143 Å². The summed E-state index contributed by atoms with van der Waals surface area (Å²) in [6, 6.07) is 46.7. The summed E-state index contributed by atoms with van der Waals surface area (Å²) in [6.45, 7) is 0. The summed E-state index contributed by atoms with van der Waals surface area (Å²) in [7, 11) is 0. The van der Waals surface area contributed by atoms with Crippen molar-refractivity contribution in [2.75, 3.05) is 5.32 Å². The first-order valence-electron chi connectivity index (χ1n) is 15.0. The molecule has 0 radical (unpaired) electrons. The highest BCUT2D eigenvalue weighted by molar-refractivity contribution is 7.99. The highest BCUT2D eigenvalue weighted by Crippen LogP contribution is 2.56. The molecule has 1 aromatic heterocycles. The van der Waals surface area contributed by atoms with Gasteiger partial charge in [-0.25, -0.2) is 9.97 Å². The Labute approximate surface area is 263 Å². The molecule has 0 fully saturated rings. The molecule has 2 aliphatic rings. The van der Waals surface area contributed by atoms with Gasteiger partial charge in [0.25, 0.3) is 0 Å². The highest BCUT2D eigenvalue weighted by Gasteiger charge is 2.28. The van der Waals surface area contributed by atoms with Crippen LogP contribution < -0.4 is 10.1 Å². The smallest absolute Gasteiger partial charge is 0.164 e. The quantitative estimate of drug-likeness (QED) is 0.202. The second kappa shape index (κ2) is 9.42. The lowest BCUT2D eigenvalue weighted by Gasteiger charge is -2.23. The van der Waals surface area contributed by atoms with Crippen LogP contribution in [0.25, 0.3) is 66.2 Å². The van der Waals surface area contributed by atoms with Gasteiger partial charge in [-0.05, 0) is 64.2 Å². The van der Waals surface area contributed by atoms with Crippen molar-refractivity contribution in [3.8, 4) is 45.1 Å². The Morgan fingerprint density at radius 3 is 2.13 bits per heavy atom. The van der Waals surface area contributed by atoms with Crippen molar-refractivity contribution in [1.29, 1.82) is 0 Å². The van der Waals surface area contributed by atoms with Gasteiger partial charge >= 0.3 is 0 Å². The van der Waals surface area contributed by atoms with E-state index in [1.807, 2.05) is 42.5 Å². The third kappa shape index (κ3) is 3.74. The standard InChI is InChI=1S/C40H23N3OS/c1-2-9-23(10-3-1)37-38(43-31-14-7-6-13-30(31)42-37)25-17-18-27-29-21-24-11-4-5-12-26(24)28-19-20-35-40(36(28)29)44-39-32(41-33(27)22-25)15-8-16-34(39)45-35/h1-22,41H. The molecule has 4 nitrogen and oxygen atoms in total. The molecule has 0 saturated heterocycles. The molecule has 10 rings (SSSR count). The number of benzene rings is 7. The van der Waals surface area contributed by atoms with E-state index in [4.69, 9.17) is 14.7 Å². The van der Waals surface area contributed by atoms with Crippen molar-refractivity contribution in [1.82, 2.24) is 9.97 Å². The summed E-state index contributed by atoms with van der Waals surface area (Å²) < 4.78 is 6.85.